The smallest absolute Gasteiger partial charge is 0.307 e. The molecule has 0 radical (unpaired) electrons. The maximum Gasteiger partial charge on any atom is 0.307 e. The zero-order valence-corrected chi connectivity index (χ0v) is 16.5. The zero-order chi connectivity index (χ0) is 20.7. The van der Waals surface area contributed by atoms with Crippen molar-refractivity contribution in [1.82, 2.24) is 5.32 Å². The first-order valence-corrected chi connectivity index (χ1v) is 10.3. The standard InChI is InChI=1S/C20H22FNO5S/c1-14-3-9-18(10-4-14)28(25,26)12-11-20(24)27-13-19(23)22-15(2)16-5-7-17(21)8-6-16/h3-10,15H,11-13H2,1-2H3,(H,22,23)/t15-/m1/s1. The maximum absolute atomic E-state index is 12.9. The average Bonchev–Trinajstić information content (AvgIpc) is 2.65. The largest absolute Gasteiger partial charge is 0.456 e. The van der Waals surface area contributed by atoms with Crippen LogP contribution in [-0.2, 0) is 24.2 Å². The second-order valence-corrected chi connectivity index (χ2v) is 8.49. The van der Waals surface area contributed by atoms with Gasteiger partial charge in [0, 0.05) is 0 Å². The Kier molecular flexibility index (Phi) is 7.28. The molecule has 0 saturated heterocycles. The Morgan fingerprint density at radius 3 is 2.29 bits per heavy atom. The number of hydrogen-bond donors (Lipinski definition) is 1. The molecule has 2 aromatic carbocycles. The van der Waals surface area contributed by atoms with E-state index in [1.54, 1.807) is 31.2 Å². The molecule has 1 N–H and O–H groups in total. The Hall–Kier alpha value is -2.74. The number of ether oxygens (including phenoxy) is 1. The van der Waals surface area contributed by atoms with Gasteiger partial charge in [0.25, 0.3) is 5.91 Å². The maximum atomic E-state index is 12.9. The van der Waals surface area contributed by atoms with E-state index in [4.69, 9.17) is 4.74 Å². The monoisotopic (exact) mass is 407 g/mol. The molecule has 0 unspecified atom stereocenters. The molecular formula is C20H22FNO5S. The van der Waals surface area contributed by atoms with E-state index < -0.39 is 40.1 Å². The average molecular weight is 407 g/mol. The zero-order valence-electron chi connectivity index (χ0n) is 15.6. The molecule has 0 aliphatic rings. The van der Waals surface area contributed by atoms with Crippen LogP contribution in [0.5, 0.6) is 0 Å². The van der Waals surface area contributed by atoms with Crippen LogP contribution < -0.4 is 5.32 Å². The SMILES string of the molecule is Cc1ccc(S(=O)(=O)CCC(=O)OCC(=O)N[C@H](C)c2ccc(F)cc2)cc1. The summed E-state index contributed by atoms with van der Waals surface area (Å²) in [4.78, 5) is 23.8. The van der Waals surface area contributed by atoms with Crippen molar-refractivity contribution in [2.24, 2.45) is 0 Å². The van der Waals surface area contributed by atoms with Gasteiger partial charge in [-0.2, -0.15) is 0 Å². The molecule has 8 heteroatoms. The number of carbonyl (C=O) groups excluding carboxylic acids is 2. The molecule has 0 aromatic heterocycles. The number of amides is 1. The van der Waals surface area contributed by atoms with Crippen molar-refractivity contribution in [2.75, 3.05) is 12.4 Å². The fourth-order valence-corrected chi connectivity index (χ4v) is 3.64. The summed E-state index contributed by atoms with van der Waals surface area (Å²) in [6.45, 7) is 3.03. The topological polar surface area (TPSA) is 89.5 Å². The van der Waals surface area contributed by atoms with E-state index in [-0.39, 0.29) is 17.1 Å². The van der Waals surface area contributed by atoms with Crippen LogP contribution in [0.2, 0.25) is 0 Å². The van der Waals surface area contributed by atoms with Gasteiger partial charge in [-0.15, -0.1) is 0 Å². The normalized spacial score (nSPS) is 12.2. The van der Waals surface area contributed by atoms with Gasteiger partial charge >= 0.3 is 5.97 Å². The van der Waals surface area contributed by atoms with Gasteiger partial charge in [0.15, 0.2) is 16.4 Å². The molecule has 1 atom stereocenters. The minimum absolute atomic E-state index is 0.136. The molecule has 2 rings (SSSR count). The van der Waals surface area contributed by atoms with Crippen LogP contribution in [0, 0.1) is 12.7 Å². The highest BCUT2D eigenvalue weighted by molar-refractivity contribution is 7.91. The summed E-state index contributed by atoms with van der Waals surface area (Å²) in [5, 5.41) is 2.62. The number of aryl methyl sites for hydroxylation is 1. The Bertz CT molecular complexity index is 924. The number of benzene rings is 2. The third kappa shape index (κ3) is 6.45. The van der Waals surface area contributed by atoms with Crippen LogP contribution >= 0.6 is 0 Å². The van der Waals surface area contributed by atoms with Crippen LogP contribution in [0.1, 0.15) is 30.5 Å². The molecular weight excluding hydrogens is 385 g/mol. The first kappa shape index (κ1) is 21.6. The highest BCUT2D eigenvalue weighted by atomic mass is 32.2. The molecule has 150 valence electrons. The number of carbonyl (C=O) groups is 2. The van der Waals surface area contributed by atoms with Gasteiger partial charge < -0.3 is 10.1 Å². The van der Waals surface area contributed by atoms with Crippen molar-refractivity contribution < 1.29 is 27.1 Å². The van der Waals surface area contributed by atoms with Gasteiger partial charge in [0.2, 0.25) is 0 Å². The molecule has 0 fully saturated rings. The Morgan fingerprint density at radius 1 is 1.07 bits per heavy atom. The van der Waals surface area contributed by atoms with Crippen LogP contribution in [0.25, 0.3) is 0 Å². The third-order valence-electron chi connectivity index (χ3n) is 4.07. The lowest BCUT2D eigenvalue weighted by Crippen LogP contribution is -2.31. The van der Waals surface area contributed by atoms with E-state index in [0.29, 0.717) is 5.56 Å². The number of esters is 1. The van der Waals surface area contributed by atoms with E-state index in [9.17, 15) is 22.4 Å². The lowest BCUT2D eigenvalue weighted by atomic mass is 10.1. The number of nitrogens with one attached hydrogen (secondary N) is 1. The summed E-state index contributed by atoms with van der Waals surface area (Å²) in [6.07, 6.45) is -0.350. The fraction of sp³-hybridized carbons (Fsp3) is 0.300. The number of hydrogen-bond acceptors (Lipinski definition) is 5. The summed E-state index contributed by atoms with van der Waals surface area (Å²) in [6, 6.07) is 11.6. The Balaban J connectivity index is 1.77. The van der Waals surface area contributed by atoms with Crippen molar-refractivity contribution in [1.29, 1.82) is 0 Å². The first-order chi connectivity index (χ1) is 13.2. The number of halogens is 1. The predicted octanol–water partition coefficient (Wildman–Crippen LogP) is 2.72. The van der Waals surface area contributed by atoms with Crippen LogP contribution in [0.15, 0.2) is 53.4 Å². The minimum atomic E-state index is -3.60. The lowest BCUT2D eigenvalue weighted by molar-refractivity contribution is -0.148. The molecule has 0 heterocycles. The Labute approximate surface area is 163 Å². The van der Waals surface area contributed by atoms with Crippen molar-refractivity contribution in [3.8, 4) is 0 Å². The third-order valence-corrected chi connectivity index (χ3v) is 5.80. The lowest BCUT2D eigenvalue weighted by Gasteiger charge is -2.14. The minimum Gasteiger partial charge on any atom is -0.456 e. The Morgan fingerprint density at radius 2 is 1.68 bits per heavy atom. The van der Waals surface area contributed by atoms with Crippen molar-refractivity contribution in [3.63, 3.8) is 0 Å². The molecule has 0 spiro atoms. The van der Waals surface area contributed by atoms with E-state index >= 15 is 0 Å². The van der Waals surface area contributed by atoms with Crippen molar-refractivity contribution >= 4 is 21.7 Å². The fourth-order valence-electron chi connectivity index (χ4n) is 2.42. The van der Waals surface area contributed by atoms with E-state index in [2.05, 4.69) is 5.32 Å². The summed E-state index contributed by atoms with van der Waals surface area (Å²) in [7, 11) is -3.60. The number of rotatable bonds is 8. The highest BCUT2D eigenvalue weighted by Crippen LogP contribution is 2.14. The summed E-state index contributed by atoms with van der Waals surface area (Å²) < 4.78 is 42.1. The van der Waals surface area contributed by atoms with Gasteiger partial charge in [-0.05, 0) is 43.7 Å². The van der Waals surface area contributed by atoms with E-state index in [1.807, 2.05) is 6.92 Å². The van der Waals surface area contributed by atoms with Crippen molar-refractivity contribution in [2.45, 2.75) is 31.2 Å². The summed E-state index contributed by atoms with van der Waals surface area (Å²) in [5.74, 6) is -2.09. The quantitative estimate of drug-likeness (QED) is 0.680. The van der Waals surface area contributed by atoms with Gasteiger partial charge in [0.05, 0.1) is 23.1 Å². The van der Waals surface area contributed by atoms with Gasteiger partial charge in [-0.25, -0.2) is 12.8 Å². The predicted molar refractivity (Wildman–Crippen MR) is 102 cm³/mol. The summed E-state index contributed by atoms with van der Waals surface area (Å²) in [5.41, 5.74) is 1.63. The molecule has 0 aliphatic carbocycles. The number of sulfone groups is 1. The molecule has 2 aromatic rings. The molecule has 0 bridgehead atoms. The van der Waals surface area contributed by atoms with Crippen molar-refractivity contribution in [3.05, 3.63) is 65.5 Å². The highest BCUT2D eigenvalue weighted by Gasteiger charge is 2.18. The van der Waals surface area contributed by atoms with Crippen LogP contribution in [0.3, 0.4) is 0 Å². The molecule has 0 aliphatic heterocycles. The molecule has 6 nitrogen and oxygen atoms in total. The van der Waals surface area contributed by atoms with E-state index in [0.717, 1.165) is 5.56 Å². The molecule has 0 saturated carbocycles. The van der Waals surface area contributed by atoms with Gasteiger partial charge in [-0.1, -0.05) is 29.8 Å². The van der Waals surface area contributed by atoms with Crippen LogP contribution in [0.4, 0.5) is 4.39 Å². The summed E-state index contributed by atoms with van der Waals surface area (Å²) >= 11 is 0. The van der Waals surface area contributed by atoms with Crippen LogP contribution in [-0.4, -0.2) is 32.7 Å². The first-order valence-electron chi connectivity index (χ1n) is 8.67. The van der Waals surface area contributed by atoms with Gasteiger partial charge in [-0.3, -0.25) is 9.59 Å². The molecule has 1 amide bonds. The second-order valence-electron chi connectivity index (χ2n) is 6.38. The van der Waals surface area contributed by atoms with E-state index in [1.165, 1.54) is 24.3 Å². The molecule has 28 heavy (non-hydrogen) atoms. The second kappa shape index (κ2) is 9.45. The van der Waals surface area contributed by atoms with Gasteiger partial charge in [0.1, 0.15) is 5.82 Å².